The summed E-state index contributed by atoms with van der Waals surface area (Å²) in [4.78, 5) is 32.1. The van der Waals surface area contributed by atoms with Gasteiger partial charge in [0.1, 0.15) is 0 Å². The summed E-state index contributed by atoms with van der Waals surface area (Å²) in [5, 5.41) is 1.09. The van der Waals surface area contributed by atoms with Gasteiger partial charge in [-0.3, -0.25) is 9.36 Å². The van der Waals surface area contributed by atoms with Crippen LogP contribution in [-0.2, 0) is 9.53 Å². The van der Waals surface area contributed by atoms with Crippen molar-refractivity contribution >= 4 is 34.3 Å². The van der Waals surface area contributed by atoms with Crippen LogP contribution in [0.1, 0.15) is 50.4 Å². The molecule has 2 aromatic carbocycles. The van der Waals surface area contributed by atoms with Crippen LogP contribution in [-0.4, -0.2) is 22.2 Å². The van der Waals surface area contributed by atoms with Crippen molar-refractivity contribution in [2.75, 3.05) is 7.11 Å². The zero-order valence-electron chi connectivity index (χ0n) is 20.2. The van der Waals surface area contributed by atoms with Crippen molar-refractivity contribution in [1.82, 2.24) is 9.13 Å². The van der Waals surface area contributed by atoms with Crippen molar-refractivity contribution in [2.24, 2.45) is 4.99 Å². The fraction of sp³-hybridized carbons (Fsp3) is 0.250. The van der Waals surface area contributed by atoms with Crippen LogP contribution < -0.4 is 14.9 Å². The van der Waals surface area contributed by atoms with E-state index in [0.29, 0.717) is 27.0 Å². The number of benzene rings is 2. The van der Waals surface area contributed by atoms with Gasteiger partial charge in [-0.1, -0.05) is 66.8 Å². The first-order chi connectivity index (χ1) is 16.9. The highest BCUT2D eigenvalue weighted by molar-refractivity contribution is 7.07. The van der Waals surface area contributed by atoms with Gasteiger partial charge in [0.15, 0.2) is 4.80 Å². The number of methoxy groups -OCH3 is 1. The summed E-state index contributed by atoms with van der Waals surface area (Å²) in [5.41, 5.74) is 3.86. The molecule has 7 heteroatoms. The van der Waals surface area contributed by atoms with E-state index in [2.05, 4.69) is 36.7 Å². The second-order valence-corrected chi connectivity index (χ2v) is 9.81. The summed E-state index contributed by atoms with van der Waals surface area (Å²) >= 11 is 1.35. The van der Waals surface area contributed by atoms with E-state index in [1.165, 1.54) is 18.4 Å². The van der Waals surface area contributed by atoms with Gasteiger partial charge in [0.25, 0.3) is 5.56 Å². The minimum atomic E-state index is -0.589. The van der Waals surface area contributed by atoms with Crippen LogP contribution in [0.4, 0.5) is 0 Å². The number of rotatable bonds is 5. The lowest BCUT2D eigenvalue weighted by molar-refractivity contribution is -0.136. The highest BCUT2D eigenvalue weighted by atomic mass is 32.1. The number of carbonyl (C=O) groups excluding carboxylic acids is 1. The Hall–Kier alpha value is -3.71. The van der Waals surface area contributed by atoms with Gasteiger partial charge in [0.05, 0.1) is 29.0 Å². The summed E-state index contributed by atoms with van der Waals surface area (Å²) in [6, 6.07) is 17.5. The average molecular weight is 486 g/mol. The van der Waals surface area contributed by atoms with Crippen molar-refractivity contribution in [3.8, 4) is 0 Å². The molecule has 0 aliphatic carbocycles. The van der Waals surface area contributed by atoms with Crippen molar-refractivity contribution in [1.29, 1.82) is 0 Å². The van der Waals surface area contributed by atoms with Gasteiger partial charge in [-0.05, 0) is 38.0 Å². The molecule has 0 fully saturated rings. The average Bonchev–Trinajstić information content (AvgIpc) is 3.40. The maximum Gasteiger partial charge on any atom is 0.338 e. The summed E-state index contributed by atoms with van der Waals surface area (Å²) in [5.74, 6) is -0.464. The molecule has 178 valence electrons. The number of hydrogen-bond donors (Lipinski definition) is 0. The Bertz CT molecular complexity index is 1640. The summed E-state index contributed by atoms with van der Waals surface area (Å²) in [6.07, 6.45) is 4.60. The fourth-order valence-corrected chi connectivity index (χ4v) is 5.74. The third kappa shape index (κ3) is 3.86. The molecule has 4 aromatic rings. The van der Waals surface area contributed by atoms with Crippen LogP contribution in [0, 0.1) is 0 Å². The molecule has 2 aromatic heterocycles. The summed E-state index contributed by atoms with van der Waals surface area (Å²) < 4.78 is 9.56. The normalized spacial score (nSPS) is 16.0. The molecule has 0 unspecified atom stereocenters. The van der Waals surface area contributed by atoms with E-state index in [9.17, 15) is 9.59 Å². The first kappa shape index (κ1) is 23.1. The molecule has 35 heavy (non-hydrogen) atoms. The van der Waals surface area contributed by atoms with E-state index in [1.54, 1.807) is 4.57 Å². The van der Waals surface area contributed by atoms with Gasteiger partial charge in [-0.2, -0.15) is 0 Å². The Morgan fingerprint density at radius 2 is 1.86 bits per heavy atom. The Labute approximate surface area is 207 Å². The number of nitrogens with zero attached hydrogens (tertiary/aromatic N) is 3. The van der Waals surface area contributed by atoms with E-state index >= 15 is 0 Å². The Morgan fingerprint density at radius 1 is 1.14 bits per heavy atom. The number of ether oxygens (including phenoxy) is 1. The molecule has 1 atom stereocenters. The van der Waals surface area contributed by atoms with E-state index in [0.717, 1.165) is 22.0 Å². The predicted molar refractivity (Wildman–Crippen MR) is 139 cm³/mol. The fourth-order valence-electron chi connectivity index (χ4n) is 4.73. The van der Waals surface area contributed by atoms with Crippen LogP contribution >= 0.6 is 11.3 Å². The number of fused-ring (bicyclic) bond motifs is 2. The molecule has 0 radical (unpaired) electrons. The van der Waals surface area contributed by atoms with Gasteiger partial charge in [0, 0.05) is 28.7 Å². The molecule has 0 amide bonds. The highest BCUT2D eigenvalue weighted by Crippen LogP contribution is 2.32. The van der Waals surface area contributed by atoms with Crippen molar-refractivity contribution in [3.05, 3.63) is 103 Å². The largest absolute Gasteiger partial charge is 0.466 e. The molecule has 0 spiro atoms. The molecule has 6 nitrogen and oxygen atoms in total. The number of para-hydroxylation sites is 1. The SMILES string of the molecule is CCC1=C(C(=O)OC)[C@@H](c2ccccc2)n2c(s/c(=C/c3cn(C(C)C)c4ccccc34)c2=O)=N1. The maximum atomic E-state index is 13.8. The Kier molecular flexibility index (Phi) is 6.03. The van der Waals surface area contributed by atoms with Crippen LogP contribution in [0.5, 0.6) is 0 Å². The Morgan fingerprint density at radius 3 is 2.54 bits per heavy atom. The molecule has 1 aliphatic rings. The van der Waals surface area contributed by atoms with E-state index in [4.69, 9.17) is 9.73 Å². The molecule has 5 rings (SSSR count). The summed E-state index contributed by atoms with van der Waals surface area (Å²) in [6.45, 7) is 6.24. The number of carbonyl (C=O) groups is 1. The second kappa shape index (κ2) is 9.15. The minimum absolute atomic E-state index is 0.166. The first-order valence-corrected chi connectivity index (χ1v) is 12.5. The lowest BCUT2D eigenvalue weighted by Crippen LogP contribution is -2.40. The van der Waals surface area contributed by atoms with Crippen molar-refractivity contribution in [3.63, 3.8) is 0 Å². The van der Waals surface area contributed by atoms with Gasteiger partial charge in [-0.15, -0.1) is 0 Å². The lowest BCUT2D eigenvalue weighted by Gasteiger charge is -2.25. The summed E-state index contributed by atoms with van der Waals surface area (Å²) in [7, 11) is 1.36. The molecule has 0 bridgehead atoms. The zero-order chi connectivity index (χ0) is 24.7. The molecule has 0 N–H and O–H groups in total. The number of allylic oxidation sites excluding steroid dienone is 1. The number of esters is 1. The van der Waals surface area contributed by atoms with Crippen molar-refractivity contribution < 1.29 is 9.53 Å². The molecule has 1 aliphatic heterocycles. The third-order valence-corrected chi connectivity index (χ3v) is 7.36. The standard InChI is InChI=1S/C28H27N3O3S/c1-5-21-24(27(33)34-4)25(18-11-7-6-8-12-18)31-26(32)23(35-28(31)29-21)15-19-16-30(17(2)3)22-14-10-9-13-20(19)22/h6-17,25H,5H2,1-4H3/b23-15+/t25-/m1/s1. The number of hydrogen-bond acceptors (Lipinski definition) is 5. The van der Waals surface area contributed by atoms with Crippen LogP contribution in [0.3, 0.4) is 0 Å². The molecule has 0 saturated carbocycles. The zero-order valence-corrected chi connectivity index (χ0v) is 21.0. The monoisotopic (exact) mass is 485 g/mol. The van der Waals surface area contributed by atoms with E-state index < -0.39 is 12.0 Å². The topological polar surface area (TPSA) is 65.6 Å². The van der Waals surface area contributed by atoms with Gasteiger partial charge in [0.2, 0.25) is 0 Å². The second-order valence-electron chi connectivity index (χ2n) is 8.80. The van der Waals surface area contributed by atoms with Gasteiger partial charge < -0.3 is 9.30 Å². The first-order valence-electron chi connectivity index (χ1n) is 11.7. The van der Waals surface area contributed by atoms with Gasteiger partial charge >= 0.3 is 5.97 Å². The highest BCUT2D eigenvalue weighted by Gasteiger charge is 2.33. The molecular weight excluding hydrogens is 458 g/mol. The predicted octanol–water partition coefficient (Wildman–Crippen LogP) is 4.33. The number of thiazole rings is 1. The van der Waals surface area contributed by atoms with Crippen LogP contribution in [0.15, 0.2) is 81.9 Å². The molecule has 0 saturated heterocycles. The van der Waals surface area contributed by atoms with E-state index in [-0.39, 0.29) is 11.6 Å². The van der Waals surface area contributed by atoms with Crippen LogP contribution in [0.25, 0.3) is 17.0 Å². The Balaban J connectivity index is 1.78. The van der Waals surface area contributed by atoms with Crippen LogP contribution in [0.2, 0.25) is 0 Å². The quantitative estimate of drug-likeness (QED) is 0.395. The maximum absolute atomic E-state index is 13.8. The third-order valence-electron chi connectivity index (χ3n) is 6.38. The van der Waals surface area contributed by atoms with Crippen molar-refractivity contribution in [2.45, 2.75) is 39.3 Å². The number of aromatic nitrogens is 2. The smallest absolute Gasteiger partial charge is 0.338 e. The minimum Gasteiger partial charge on any atom is -0.466 e. The van der Waals surface area contributed by atoms with Gasteiger partial charge in [-0.25, -0.2) is 9.79 Å². The molecule has 3 heterocycles. The van der Waals surface area contributed by atoms with E-state index in [1.807, 2.05) is 55.5 Å². The lowest BCUT2D eigenvalue weighted by atomic mass is 9.95. The molecular formula is C28H27N3O3S.